The van der Waals surface area contributed by atoms with Crippen LogP contribution in [0.15, 0.2) is 47.4 Å². The second-order valence-electron chi connectivity index (χ2n) is 6.87. The number of benzene rings is 2. The van der Waals surface area contributed by atoms with Gasteiger partial charge in [0, 0.05) is 31.5 Å². The first-order chi connectivity index (χ1) is 14.4. The Morgan fingerprint density at radius 3 is 2.60 bits per heavy atom. The first-order valence-corrected chi connectivity index (χ1v) is 9.94. The van der Waals surface area contributed by atoms with Crippen molar-refractivity contribution in [3.8, 4) is 11.5 Å². The van der Waals surface area contributed by atoms with E-state index in [1.54, 1.807) is 24.3 Å². The van der Waals surface area contributed by atoms with E-state index in [2.05, 4.69) is 5.32 Å². The fourth-order valence-electron chi connectivity index (χ4n) is 2.97. The van der Waals surface area contributed by atoms with Crippen molar-refractivity contribution >= 4 is 46.3 Å². The first-order valence-electron chi connectivity index (χ1n) is 9.13. The third-order valence-electron chi connectivity index (χ3n) is 4.54. The lowest BCUT2D eigenvalue weighted by Crippen LogP contribution is -2.36. The summed E-state index contributed by atoms with van der Waals surface area (Å²) in [5.41, 5.74) is 2.32. The van der Waals surface area contributed by atoms with Gasteiger partial charge in [-0.2, -0.15) is 0 Å². The molecule has 2 heterocycles. The molecule has 8 nitrogen and oxygen atoms in total. The van der Waals surface area contributed by atoms with E-state index in [-0.39, 0.29) is 18.2 Å². The minimum absolute atomic E-state index is 0.133. The predicted molar refractivity (Wildman–Crippen MR) is 115 cm³/mol. The van der Waals surface area contributed by atoms with Gasteiger partial charge in [0.2, 0.25) is 12.7 Å². The van der Waals surface area contributed by atoms with Gasteiger partial charge in [-0.1, -0.05) is 12.1 Å². The number of hydrogen-bond acceptors (Lipinski definition) is 7. The average Bonchev–Trinajstić information content (AvgIpc) is 3.28. The molecule has 1 N–H and O–H groups in total. The zero-order chi connectivity index (χ0) is 21.3. The summed E-state index contributed by atoms with van der Waals surface area (Å²) in [6.45, 7) is -0.232. The molecule has 0 spiro atoms. The molecule has 0 atom stereocenters. The summed E-state index contributed by atoms with van der Waals surface area (Å²) in [4.78, 5) is 40.5. The van der Waals surface area contributed by atoms with E-state index in [1.807, 2.05) is 43.3 Å². The van der Waals surface area contributed by atoms with Crippen LogP contribution in [0, 0.1) is 0 Å². The van der Waals surface area contributed by atoms with Crippen molar-refractivity contribution in [2.45, 2.75) is 0 Å². The molecule has 1 saturated heterocycles. The summed E-state index contributed by atoms with van der Waals surface area (Å²) < 4.78 is 10.5. The topological polar surface area (TPSA) is 88.2 Å². The number of amides is 3. The van der Waals surface area contributed by atoms with Crippen LogP contribution in [0.2, 0.25) is 0 Å². The van der Waals surface area contributed by atoms with E-state index in [1.165, 1.54) is 0 Å². The Morgan fingerprint density at radius 2 is 1.87 bits per heavy atom. The normalized spacial score (nSPS) is 16.3. The second kappa shape index (κ2) is 8.11. The zero-order valence-electron chi connectivity index (χ0n) is 16.4. The van der Waals surface area contributed by atoms with Crippen LogP contribution in [0.4, 0.5) is 16.2 Å². The molecule has 0 saturated carbocycles. The van der Waals surface area contributed by atoms with E-state index in [0.717, 1.165) is 27.9 Å². The maximum Gasteiger partial charge on any atom is 0.294 e. The number of carbonyl (C=O) groups excluding carboxylic acids is 3. The molecule has 0 bridgehead atoms. The summed E-state index contributed by atoms with van der Waals surface area (Å²) in [6, 6.07) is 12.6. The van der Waals surface area contributed by atoms with Crippen LogP contribution in [0.3, 0.4) is 0 Å². The Kier molecular flexibility index (Phi) is 5.37. The number of nitrogens with one attached hydrogen (secondary N) is 1. The number of ether oxygens (including phenoxy) is 2. The molecule has 1 fully saturated rings. The summed E-state index contributed by atoms with van der Waals surface area (Å²) in [5.74, 6) is 0.167. The van der Waals surface area contributed by atoms with Crippen molar-refractivity contribution in [3.63, 3.8) is 0 Å². The molecule has 0 aliphatic carbocycles. The molecular formula is C21H19N3O5S. The molecule has 2 aliphatic rings. The van der Waals surface area contributed by atoms with Crippen LogP contribution < -0.4 is 19.7 Å². The quantitative estimate of drug-likeness (QED) is 0.736. The zero-order valence-corrected chi connectivity index (χ0v) is 17.2. The van der Waals surface area contributed by atoms with Crippen molar-refractivity contribution in [2.75, 3.05) is 37.6 Å². The van der Waals surface area contributed by atoms with Crippen molar-refractivity contribution in [3.05, 3.63) is 52.9 Å². The van der Waals surface area contributed by atoms with Crippen LogP contribution in [-0.4, -0.2) is 49.4 Å². The van der Waals surface area contributed by atoms with Gasteiger partial charge in [0.1, 0.15) is 6.54 Å². The number of hydrogen-bond donors (Lipinski definition) is 1. The lowest BCUT2D eigenvalue weighted by Gasteiger charge is -2.13. The van der Waals surface area contributed by atoms with Crippen LogP contribution >= 0.6 is 11.8 Å². The number of anilines is 2. The first kappa shape index (κ1) is 19.8. The van der Waals surface area contributed by atoms with E-state index < -0.39 is 17.1 Å². The Balaban J connectivity index is 1.41. The van der Waals surface area contributed by atoms with Crippen LogP contribution in [0.1, 0.15) is 5.56 Å². The molecule has 2 aliphatic heterocycles. The van der Waals surface area contributed by atoms with E-state index in [9.17, 15) is 14.4 Å². The molecule has 0 aromatic heterocycles. The molecule has 0 unspecified atom stereocenters. The highest BCUT2D eigenvalue weighted by atomic mass is 32.2. The fraction of sp³-hybridized carbons (Fsp3) is 0.190. The highest BCUT2D eigenvalue weighted by Crippen LogP contribution is 2.35. The summed E-state index contributed by atoms with van der Waals surface area (Å²) >= 11 is 0.823. The Bertz CT molecular complexity index is 1050. The van der Waals surface area contributed by atoms with Crippen molar-refractivity contribution in [2.24, 2.45) is 0 Å². The van der Waals surface area contributed by atoms with Crippen LogP contribution in [-0.2, 0) is 9.59 Å². The molecule has 4 rings (SSSR count). The van der Waals surface area contributed by atoms with E-state index >= 15 is 0 Å². The van der Waals surface area contributed by atoms with Gasteiger partial charge in [0.15, 0.2) is 11.5 Å². The van der Waals surface area contributed by atoms with Gasteiger partial charge in [0.25, 0.3) is 11.1 Å². The predicted octanol–water partition coefficient (Wildman–Crippen LogP) is 3.16. The van der Waals surface area contributed by atoms with E-state index in [0.29, 0.717) is 17.2 Å². The third kappa shape index (κ3) is 4.11. The van der Waals surface area contributed by atoms with Crippen molar-refractivity contribution in [1.82, 2.24) is 4.90 Å². The summed E-state index contributed by atoms with van der Waals surface area (Å²) in [5, 5.41) is 2.19. The standard InChI is InChI=1S/C21H19N3O5S/c1-23(2)15-6-3-13(4-7-15)9-18-20(26)24(21(27)30-18)11-19(25)22-14-5-8-16-17(10-14)29-12-28-16/h3-10H,11-12H2,1-2H3,(H,22,25)/b18-9-. The molecule has 9 heteroatoms. The summed E-state index contributed by atoms with van der Waals surface area (Å²) in [7, 11) is 3.88. The lowest BCUT2D eigenvalue weighted by molar-refractivity contribution is -0.127. The smallest absolute Gasteiger partial charge is 0.294 e. The third-order valence-corrected chi connectivity index (χ3v) is 5.45. The van der Waals surface area contributed by atoms with E-state index in [4.69, 9.17) is 9.47 Å². The maximum atomic E-state index is 12.6. The summed E-state index contributed by atoms with van der Waals surface area (Å²) in [6.07, 6.45) is 1.65. The molecule has 30 heavy (non-hydrogen) atoms. The molecule has 3 amide bonds. The number of nitrogens with zero attached hydrogens (tertiary/aromatic N) is 2. The molecular weight excluding hydrogens is 406 g/mol. The number of carbonyl (C=O) groups is 3. The number of imide groups is 1. The molecule has 2 aromatic carbocycles. The Morgan fingerprint density at radius 1 is 1.13 bits per heavy atom. The Hall–Kier alpha value is -3.46. The van der Waals surface area contributed by atoms with Gasteiger partial charge in [0.05, 0.1) is 4.91 Å². The molecule has 2 aromatic rings. The van der Waals surface area contributed by atoms with Gasteiger partial charge >= 0.3 is 0 Å². The molecule has 154 valence electrons. The minimum Gasteiger partial charge on any atom is -0.454 e. The van der Waals surface area contributed by atoms with Gasteiger partial charge in [-0.3, -0.25) is 19.3 Å². The minimum atomic E-state index is -0.484. The van der Waals surface area contributed by atoms with Crippen molar-refractivity contribution < 1.29 is 23.9 Å². The SMILES string of the molecule is CN(C)c1ccc(/C=C2\SC(=O)N(CC(=O)Nc3ccc4c(c3)OCO4)C2=O)cc1. The van der Waals surface area contributed by atoms with Crippen molar-refractivity contribution in [1.29, 1.82) is 0 Å². The highest BCUT2D eigenvalue weighted by Gasteiger charge is 2.36. The van der Waals surface area contributed by atoms with Gasteiger partial charge in [-0.15, -0.1) is 0 Å². The number of fused-ring (bicyclic) bond motifs is 1. The second-order valence-corrected chi connectivity index (χ2v) is 7.86. The number of thioether (sulfide) groups is 1. The van der Waals surface area contributed by atoms with Gasteiger partial charge < -0.3 is 19.7 Å². The Labute approximate surface area is 177 Å². The average molecular weight is 425 g/mol. The lowest BCUT2D eigenvalue weighted by atomic mass is 10.2. The van der Waals surface area contributed by atoms with Crippen LogP contribution in [0.25, 0.3) is 6.08 Å². The van der Waals surface area contributed by atoms with Gasteiger partial charge in [-0.25, -0.2) is 0 Å². The largest absolute Gasteiger partial charge is 0.454 e. The fourth-order valence-corrected chi connectivity index (χ4v) is 3.81. The number of rotatable bonds is 5. The maximum absolute atomic E-state index is 12.6. The van der Waals surface area contributed by atoms with Crippen LogP contribution in [0.5, 0.6) is 11.5 Å². The molecule has 0 radical (unpaired) electrons. The van der Waals surface area contributed by atoms with Gasteiger partial charge in [-0.05, 0) is 47.7 Å². The monoisotopic (exact) mass is 425 g/mol. The highest BCUT2D eigenvalue weighted by molar-refractivity contribution is 8.18.